The minimum absolute atomic E-state index is 0.0289. The fourth-order valence-corrected chi connectivity index (χ4v) is 1.56. The average Bonchev–Trinajstić information content (AvgIpc) is 2.43. The number of carbonyl (C=O) groups is 1. The van der Waals surface area contributed by atoms with Crippen LogP contribution in [-0.2, 0) is 4.79 Å². The van der Waals surface area contributed by atoms with Crippen molar-refractivity contribution in [3.8, 4) is 11.6 Å². The number of hydrogen-bond donors (Lipinski definition) is 1. The van der Waals surface area contributed by atoms with Gasteiger partial charge < -0.3 is 9.84 Å². The zero-order valence-corrected chi connectivity index (χ0v) is 10.8. The predicted molar refractivity (Wildman–Crippen MR) is 72.4 cm³/mol. The molecule has 1 heterocycles. The second-order valence-electron chi connectivity index (χ2n) is 3.76. The summed E-state index contributed by atoms with van der Waals surface area (Å²) in [7, 11) is 0. The molecule has 1 N–H and O–H groups in total. The van der Waals surface area contributed by atoms with Crippen molar-refractivity contribution in [3.63, 3.8) is 0 Å². The van der Waals surface area contributed by atoms with Crippen LogP contribution >= 0.6 is 11.6 Å². The number of rotatable bonds is 4. The molecule has 0 amide bonds. The highest BCUT2D eigenvalue weighted by Gasteiger charge is 2.08. The molecule has 0 saturated heterocycles. The molecule has 4 nitrogen and oxygen atoms in total. The largest absolute Gasteiger partial charge is 0.478 e. The van der Waals surface area contributed by atoms with Crippen molar-refractivity contribution in [2.45, 2.75) is 0 Å². The van der Waals surface area contributed by atoms with Crippen LogP contribution in [0.1, 0.15) is 5.56 Å². The highest BCUT2D eigenvalue weighted by atomic mass is 35.5. The number of carboxylic acid groups (broad SMARTS) is 1. The number of benzene rings is 1. The molecule has 6 heteroatoms. The summed E-state index contributed by atoms with van der Waals surface area (Å²) in [5.74, 6) is -1.56. The summed E-state index contributed by atoms with van der Waals surface area (Å²) in [6, 6.07) is 7.51. The molecular formula is C14H9ClFNO3. The maximum Gasteiger partial charge on any atom is 0.328 e. The molecular weight excluding hydrogens is 285 g/mol. The molecule has 20 heavy (non-hydrogen) atoms. The van der Waals surface area contributed by atoms with Gasteiger partial charge in [-0.2, -0.15) is 0 Å². The fourth-order valence-electron chi connectivity index (χ4n) is 1.39. The zero-order chi connectivity index (χ0) is 14.5. The third kappa shape index (κ3) is 3.55. The molecule has 0 fully saturated rings. The molecule has 102 valence electrons. The maximum absolute atomic E-state index is 13.6. The van der Waals surface area contributed by atoms with Gasteiger partial charge in [0.25, 0.3) is 0 Å². The molecule has 0 atom stereocenters. The van der Waals surface area contributed by atoms with Gasteiger partial charge in [-0.3, -0.25) is 0 Å². The van der Waals surface area contributed by atoms with Crippen LogP contribution in [-0.4, -0.2) is 16.1 Å². The Morgan fingerprint density at radius 1 is 1.35 bits per heavy atom. The summed E-state index contributed by atoms with van der Waals surface area (Å²) in [5.41, 5.74) is 0.589. The van der Waals surface area contributed by atoms with E-state index in [1.165, 1.54) is 30.5 Å². The third-order valence-corrected chi connectivity index (χ3v) is 2.60. The van der Waals surface area contributed by atoms with Gasteiger partial charge in [0.15, 0.2) is 11.6 Å². The normalized spacial score (nSPS) is 10.7. The number of carboxylic acids is 1. The number of nitrogens with zero attached hydrogens (tertiary/aromatic N) is 1. The van der Waals surface area contributed by atoms with E-state index in [2.05, 4.69) is 4.98 Å². The third-order valence-electron chi connectivity index (χ3n) is 2.31. The van der Waals surface area contributed by atoms with Crippen LogP contribution in [0.15, 0.2) is 42.6 Å². The summed E-state index contributed by atoms with van der Waals surface area (Å²) >= 11 is 5.64. The lowest BCUT2D eigenvalue weighted by molar-refractivity contribution is -0.131. The molecule has 2 aromatic rings. The molecule has 1 aromatic carbocycles. The topological polar surface area (TPSA) is 59.4 Å². The molecule has 2 rings (SSSR count). The summed E-state index contributed by atoms with van der Waals surface area (Å²) < 4.78 is 18.9. The first-order chi connectivity index (χ1) is 9.56. The number of aliphatic carboxylic acids is 1. The molecule has 0 unspecified atom stereocenters. The lowest BCUT2D eigenvalue weighted by atomic mass is 10.2. The minimum atomic E-state index is -1.05. The fraction of sp³-hybridized carbons (Fsp3) is 0. The van der Waals surface area contributed by atoms with Gasteiger partial charge in [0.1, 0.15) is 0 Å². The van der Waals surface area contributed by atoms with Crippen LogP contribution in [0.5, 0.6) is 11.6 Å². The van der Waals surface area contributed by atoms with Gasteiger partial charge in [-0.05, 0) is 29.8 Å². The van der Waals surface area contributed by atoms with Gasteiger partial charge >= 0.3 is 5.97 Å². The molecule has 0 radical (unpaired) electrons. The van der Waals surface area contributed by atoms with E-state index >= 15 is 0 Å². The van der Waals surface area contributed by atoms with Crippen molar-refractivity contribution in [1.82, 2.24) is 4.98 Å². The Morgan fingerprint density at radius 2 is 2.15 bits per heavy atom. The van der Waals surface area contributed by atoms with E-state index in [1.807, 2.05) is 0 Å². The van der Waals surface area contributed by atoms with E-state index in [1.54, 1.807) is 12.1 Å². The average molecular weight is 294 g/mol. The van der Waals surface area contributed by atoms with E-state index < -0.39 is 11.8 Å². The second-order valence-corrected chi connectivity index (χ2v) is 4.16. The van der Waals surface area contributed by atoms with Crippen molar-refractivity contribution in [1.29, 1.82) is 0 Å². The Labute approximate surface area is 119 Å². The summed E-state index contributed by atoms with van der Waals surface area (Å²) in [6.07, 6.45) is 3.80. The van der Waals surface area contributed by atoms with E-state index in [0.29, 0.717) is 5.56 Å². The van der Waals surface area contributed by atoms with Gasteiger partial charge in [0.2, 0.25) is 5.88 Å². The minimum Gasteiger partial charge on any atom is -0.478 e. The van der Waals surface area contributed by atoms with Gasteiger partial charge in [0, 0.05) is 18.3 Å². The Hall–Kier alpha value is -2.40. The Balaban J connectivity index is 2.15. The first-order valence-corrected chi connectivity index (χ1v) is 5.93. The summed E-state index contributed by atoms with van der Waals surface area (Å²) in [6.45, 7) is 0. The van der Waals surface area contributed by atoms with Crippen molar-refractivity contribution < 1.29 is 19.0 Å². The van der Waals surface area contributed by atoms with Crippen LogP contribution in [0, 0.1) is 5.82 Å². The number of halogens is 2. The van der Waals surface area contributed by atoms with Crippen LogP contribution in [0.25, 0.3) is 6.08 Å². The van der Waals surface area contributed by atoms with Gasteiger partial charge in [-0.15, -0.1) is 0 Å². The van der Waals surface area contributed by atoms with Gasteiger partial charge in [-0.1, -0.05) is 17.7 Å². The molecule has 0 aliphatic heterocycles. The number of hydrogen-bond acceptors (Lipinski definition) is 3. The smallest absolute Gasteiger partial charge is 0.328 e. The maximum atomic E-state index is 13.6. The van der Waals surface area contributed by atoms with Crippen LogP contribution in [0.2, 0.25) is 5.02 Å². The lowest BCUT2D eigenvalue weighted by Gasteiger charge is -2.06. The molecule has 1 aromatic heterocycles. The quantitative estimate of drug-likeness (QED) is 0.872. The first kappa shape index (κ1) is 14.0. The van der Waals surface area contributed by atoms with Crippen molar-refractivity contribution in [2.24, 2.45) is 0 Å². The highest BCUT2D eigenvalue weighted by molar-refractivity contribution is 6.30. The molecule has 0 bridgehead atoms. The van der Waals surface area contributed by atoms with Crippen LogP contribution in [0.4, 0.5) is 4.39 Å². The van der Waals surface area contributed by atoms with Crippen LogP contribution in [0.3, 0.4) is 0 Å². The van der Waals surface area contributed by atoms with Crippen molar-refractivity contribution in [2.75, 3.05) is 0 Å². The first-order valence-electron chi connectivity index (χ1n) is 5.55. The van der Waals surface area contributed by atoms with Crippen LogP contribution < -0.4 is 4.74 Å². The second kappa shape index (κ2) is 6.16. The molecule has 0 spiro atoms. The Morgan fingerprint density at radius 3 is 2.80 bits per heavy atom. The highest BCUT2D eigenvalue weighted by Crippen LogP contribution is 2.27. The lowest BCUT2D eigenvalue weighted by Crippen LogP contribution is -1.91. The molecule has 0 saturated carbocycles. The summed E-state index contributed by atoms with van der Waals surface area (Å²) in [4.78, 5) is 14.3. The Bertz CT molecular complexity index is 656. The molecule has 0 aliphatic rings. The zero-order valence-electron chi connectivity index (χ0n) is 10.1. The SMILES string of the molecule is O=C(O)/C=C/c1ccc(Oc2cccc(Cl)c2F)nc1. The van der Waals surface area contributed by atoms with Crippen molar-refractivity contribution >= 4 is 23.6 Å². The Kier molecular flexibility index (Phi) is 4.32. The summed E-state index contributed by atoms with van der Waals surface area (Å²) in [5, 5.41) is 8.46. The predicted octanol–water partition coefficient (Wildman–Crippen LogP) is 3.76. The number of ether oxygens (including phenoxy) is 1. The standard InChI is InChI=1S/C14H9ClFNO3/c15-10-2-1-3-11(14(10)16)20-12-6-4-9(8-17-12)5-7-13(18)19/h1-8H,(H,18,19)/b7-5+. The number of aromatic nitrogens is 1. The van der Waals surface area contributed by atoms with E-state index in [0.717, 1.165) is 6.08 Å². The van der Waals surface area contributed by atoms with Gasteiger partial charge in [-0.25, -0.2) is 14.2 Å². The molecule has 0 aliphatic carbocycles. The van der Waals surface area contributed by atoms with E-state index in [9.17, 15) is 9.18 Å². The van der Waals surface area contributed by atoms with Crippen molar-refractivity contribution in [3.05, 3.63) is 59.0 Å². The van der Waals surface area contributed by atoms with E-state index in [-0.39, 0.29) is 16.7 Å². The monoisotopic (exact) mass is 293 g/mol. The van der Waals surface area contributed by atoms with Gasteiger partial charge in [0.05, 0.1) is 5.02 Å². The van der Waals surface area contributed by atoms with E-state index in [4.69, 9.17) is 21.4 Å². The number of pyridine rings is 1.